The number of fused-ring (bicyclic) bond motifs is 1. The van der Waals surface area contributed by atoms with Gasteiger partial charge in [0.1, 0.15) is 6.26 Å². The number of hydrogen-bond acceptors (Lipinski definition) is 2. The van der Waals surface area contributed by atoms with E-state index < -0.39 is 0 Å². The van der Waals surface area contributed by atoms with Crippen molar-refractivity contribution in [3.63, 3.8) is 0 Å². The zero-order chi connectivity index (χ0) is 16.5. The first kappa shape index (κ1) is 14.2. The van der Waals surface area contributed by atoms with Gasteiger partial charge in [-0.3, -0.25) is 11.1 Å². The topological polar surface area (TPSA) is 77.6 Å². The molecule has 4 heteroatoms. The van der Waals surface area contributed by atoms with Crippen molar-refractivity contribution in [1.82, 2.24) is 5.16 Å². The SMILES string of the molecule is NC(=[NH2+])c1ccc2cc(-c3cccc(-c4cnoc4)c3)ccc2c1. The molecule has 0 aliphatic rings. The molecule has 0 atom stereocenters. The maximum Gasteiger partial charge on any atom is 0.270 e. The van der Waals surface area contributed by atoms with Crippen molar-refractivity contribution in [2.45, 2.75) is 0 Å². The van der Waals surface area contributed by atoms with E-state index in [0.717, 1.165) is 38.6 Å². The van der Waals surface area contributed by atoms with E-state index in [1.54, 1.807) is 12.5 Å². The molecule has 1 heterocycles. The average molecular weight is 314 g/mol. The lowest BCUT2D eigenvalue weighted by Crippen LogP contribution is -2.46. The molecule has 0 unspecified atom stereocenters. The van der Waals surface area contributed by atoms with Gasteiger partial charge in [-0.05, 0) is 51.7 Å². The second-order valence-corrected chi connectivity index (χ2v) is 5.73. The maximum atomic E-state index is 5.67. The summed E-state index contributed by atoms with van der Waals surface area (Å²) in [6.45, 7) is 0. The molecule has 0 aliphatic heterocycles. The molecule has 4 nitrogen and oxygen atoms in total. The molecule has 4 N–H and O–H groups in total. The second-order valence-electron chi connectivity index (χ2n) is 5.73. The van der Waals surface area contributed by atoms with Crippen LogP contribution in [0.2, 0.25) is 0 Å². The summed E-state index contributed by atoms with van der Waals surface area (Å²) in [6.07, 6.45) is 3.36. The highest BCUT2D eigenvalue weighted by Gasteiger charge is 2.06. The van der Waals surface area contributed by atoms with Gasteiger partial charge < -0.3 is 4.52 Å². The van der Waals surface area contributed by atoms with Gasteiger partial charge in [0.05, 0.1) is 11.8 Å². The Morgan fingerprint density at radius 1 is 0.833 bits per heavy atom. The van der Waals surface area contributed by atoms with Crippen LogP contribution in [0.5, 0.6) is 0 Å². The van der Waals surface area contributed by atoms with E-state index >= 15 is 0 Å². The summed E-state index contributed by atoms with van der Waals surface area (Å²) >= 11 is 0. The van der Waals surface area contributed by atoms with Crippen LogP contribution in [-0.4, -0.2) is 11.0 Å². The summed E-state index contributed by atoms with van der Waals surface area (Å²) < 4.78 is 4.93. The molecule has 3 aromatic carbocycles. The number of hydrogen-bond donors (Lipinski definition) is 2. The number of nitrogens with two attached hydrogens (primary N) is 2. The van der Waals surface area contributed by atoms with Gasteiger partial charge in [0.2, 0.25) is 0 Å². The van der Waals surface area contributed by atoms with Gasteiger partial charge >= 0.3 is 0 Å². The molecule has 0 radical (unpaired) electrons. The Morgan fingerprint density at radius 3 is 2.29 bits per heavy atom. The molecule has 0 aliphatic carbocycles. The van der Waals surface area contributed by atoms with E-state index in [0.29, 0.717) is 5.84 Å². The number of amidine groups is 1. The van der Waals surface area contributed by atoms with Crippen molar-refractivity contribution in [3.05, 3.63) is 78.7 Å². The lowest BCUT2D eigenvalue weighted by molar-refractivity contribution is -0.114. The van der Waals surface area contributed by atoms with E-state index in [2.05, 4.69) is 35.5 Å². The summed E-state index contributed by atoms with van der Waals surface area (Å²) in [7, 11) is 0. The Balaban J connectivity index is 1.78. The first-order valence-electron chi connectivity index (χ1n) is 7.63. The standard InChI is InChI=1S/C20H15N3O/c21-20(22)18-7-6-16-9-15(4-5-17(16)10-18)13-2-1-3-14(8-13)19-11-23-24-12-19/h1-12H,(H3,21,22)/p+1. The van der Waals surface area contributed by atoms with Crippen molar-refractivity contribution < 1.29 is 9.93 Å². The summed E-state index contributed by atoms with van der Waals surface area (Å²) in [5.41, 5.74) is 10.9. The predicted molar refractivity (Wildman–Crippen MR) is 95.1 cm³/mol. The first-order chi connectivity index (χ1) is 11.7. The number of nitrogens with zero attached hydrogens (tertiary/aromatic N) is 1. The minimum atomic E-state index is 0.336. The van der Waals surface area contributed by atoms with Gasteiger partial charge in [0.25, 0.3) is 5.84 Å². The third-order valence-corrected chi connectivity index (χ3v) is 4.14. The molecule has 4 aromatic rings. The number of benzene rings is 3. The van der Waals surface area contributed by atoms with Gasteiger partial charge in [-0.1, -0.05) is 41.6 Å². The first-order valence-corrected chi connectivity index (χ1v) is 7.63. The van der Waals surface area contributed by atoms with Crippen LogP contribution in [0, 0.1) is 0 Å². The Kier molecular flexibility index (Phi) is 3.35. The van der Waals surface area contributed by atoms with Crippen molar-refractivity contribution >= 4 is 16.6 Å². The zero-order valence-corrected chi connectivity index (χ0v) is 12.9. The van der Waals surface area contributed by atoms with Gasteiger partial charge in [0, 0.05) is 5.56 Å². The van der Waals surface area contributed by atoms with Gasteiger partial charge in [-0.2, -0.15) is 0 Å². The van der Waals surface area contributed by atoms with Crippen LogP contribution in [0.4, 0.5) is 0 Å². The highest BCUT2D eigenvalue weighted by molar-refractivity contribution is 5.98. The Hall–Kier alpha value is -3.40. The van der Waals surface area contributed by atoms with Crippen molar-refractivity contribution in [3.8, 4) is 22.3 Å². The number of aromatic nitrogens is 1. The van der Waals surface area contributed by atoms with Crippen molar-refractivity contribution in [1.29, 1.82) is 0 Å². The molecule has 24 heavy (non-hydrogen) atoms. The van der Waals surface area contributed by atoms with E-state index in [4.69, 9.17) is 15.7 Å². The third-order valence-electron chi connectivity index (χ3n) is 4.14. The third kappa shape index (κ3) is 2.54. The number of rotatable bonds is 3. The highest BCUT2D eigenvalue weighted by atomic mass is 16.5. The summed E-state index contributed by atoms with van der Waals surface area (Å²) in [5, 5.41) is 11.7. The summed E-state index contributed by atoms with van der Waals surface area (Å²) in [4.78, 5) is 0. The molecular formula is C20H16N3O+. The van der Waals surface area contributed by atoms with Crippen molar-refractivity contribution in [2.24, 2.45) is 5.73 Å². The predicted octanol–water partition coefficient (Wildman–Crippen LogP) is 2.63. The molecule has 0 fully saturated rings. The van der Waals surface area contributed by atoms with Crippen LogP contribution in [0.3, 0.4) is 0 Å². The quantitative estimate of drug-likeness (QED) is 0.451. The van der Waals surface area contributed by atoms with Crippen LogP contribution in [0.1, 0.15) is 5.56 Å². The smallest absolute Gasteiger partial charge is 0.270 e. The summed E-state index contributed by atoms with van der Waals surface area (Å²) in [6, 6.07) is 20.6. The molecule has 0 spiro atoms. The van der Waals surface area contributed by atoms with E-state index in [-0.39, 0.29) is 0 Å². The normalized spacial score (nSPS) is 10.8. The van der Waals surface area contributed by atoms with Crippen LogP contribution in [0.25, 0.3) is 33.0 Å². The molecule has 116 valence electrons. The fourth-order valence-corrected chi connectivity index (χ4v) is 2.83. The van der Waals surface area contributed by atoms with Gasteiger partial charge in [-0.15, -0.1) is 0 Å². The lowest BCUT2D eigenvalue weighted by Gasteiger charge is -2.07. The Labute approximate surface area is 139 Å². The van der Waals surface area contributed by atoms with Crippen LogP contribution in [0.15, 0.2) is 77.6 Å². The molecular weight excluding hydrogens is 298 g/mol. The van der Waals surface area contributed by atoms with Crippen LogP contribution >= 0.6 is 0 Å². The summed E-state index contributed by atoms with van der Waals surface area (Å²) in [5.74, 6) is 0.336. The minimum Gasteiger partial charge on any atom is -0.364 e. The minimum absolute atomic E-state index is 0.336. The van der Waals surface area contributed by atoms with E-state index in [9.17, 15) is 0 Å². The zero-order valence-electron chi connectivity index (χ0n) is 12.9. The molecule has 0 amide bonds. The van der Waals surface area contributed by atoms with Gasteiger partial charge in [0.15, 0.2) is 0 Å². The lowest BCUT2D eigenvalue weighted by atomic mass is 9.97. The van der Waals surface area contributed by atoms with E-state index in [1.165, 1.54) is 0 Å². The maximum absolute atomic E-state index is 5.67. The fourth-order valence-electron chi connectivity index (χ4n) is 2.83. The van der Waals surface area contributed by atoms with E-state index in [1.807, 2.05) is 30.3 Å². The second kappa shape index (κ2) is 5.66. The molecule has 4 rings (SSSR count). The highest BCUT2D eigenvalue weighted by Crippen LogP contribution is 2.28. The largest absolute Gasteiger partial charge is 0.364 e. The van der Waals surface area contributed by atoms with Crippen molar-refractivity contribution in [2.75, 3.05) is 0 Å². The molecule has 0 saturated carbocycles. The van der Waals surface area contributed by atoms with Gasteiger partial charge in [-0.25, -0.2) is 0 Å². The average Bonchev–Trinajstić information content (AvgIpc) is 3.15. The Morgan fingerprint density at radius 2 is 1.54 bits per heavy atom. The molecule has 1 aromatic heterocycles. The van der Waals surface area contributed by atoms with Crippen LogP contribution < -0.4 is 11.1 Å². The molecule has 0 saturated heterocycles. The monoisotopic (exact) mass is 314 g/mol. The fraction of sp³-hybridized carbons (Fsp3) is 0. The van der Waals surface area contributed by atoms with Crippen LogP contribution in [-0.2, 0) is 0 Å². The molecule has 0 bridgehead atoms. The Bertz CT molecular complexity index is 1040.